The first kappa shape index (κ1) is 33.0. The number of hydrogen-bond acceptors (Lipinski definition) is 10. The molecule has 0 aromatic carbocycles. The van der Waals surface area contributed by atoms with Crippen molar-refractivity contribution in [2.45, 2.75) is 58.6 Å². The van der Waals surface area contributed by atoms with Crippen LogP contribution in [0.4, 0.5) is 0 Å². The van der Waals surface area contributed by atoms with E-state index in [9.17, 15) is 10.2 Å². The monoisotopic (exact) mass is 556 g/mol. The van der Waals surface area contributed by atoms with Crippen LogP contribution in [0.25, 0.3) is 0 Å². The van der Waals surface area contributed by atoms with Crippen LogP contribution in [0.2, 0.25) is 0 Å². The van der Waals surface area contributed by atoms with Gasteiger partial charge in [0.2, 0.25) is 5.79 Å². The van der Waals surface area contributed by atoms with Crippen LogP contribution in [-0.4, -0.2) is 89.1 Å². The Hall–Kier alpha value is -1.02. The Bertz CT molecular complexity index is 667. The zero-order chi connectivity index (χ0) is 26.3. The minimum absolute atomic E-state index is 0.0119. The van der Waals surface area contributed by atoms with E-state index in [0.29, 0.717) is 17.6 Å². The maximum absolute atomic E-state index is 10.8. The molecular formula is C23H41BrO10. The maximum Gasteiger partial charge on any atom is 0.223 e. The Kier molecular flexibility index (Phi) is 16.9. The molecule has 0 heterocycles. The highest BCUT2D eigenvalue weighted by molar-refractivity contribution is 9.09. The molecule has 0 amide bonds. The fourth-order valence-electron chi connectivity index (χ4n) is 2.81. The number of hydrogen-bond donors (Lipinski definition) is 2. The summed E-state index contributed by atoms with van der Waals surface area (Å²) in [6.45, 7) is 7.54. The van der Waals surface area contributed by atoms with Crippen molar-refractivity contribution >= 4 is 15.9 Å². The van der Waals surface area contributed by atoms with E-state index >= 15 is 0 Å². The number of aliphatic hydroxyl groups is 2. The molecule has 1 aliphatic carbocycles. The number of allylic oxidation sites excluding steroid dienone is 3. The Morgan fingerprint density at radius 3 is 1.97 bits per heavy atom. The van der Waals surface area contributed by atoms with Gasteiger partial charge in [-0.2, -0.15) is 0 Å². The molecule has 11 heteroatoms. The predicted molar refractivity (Wildman–Crippen MR) is 130 cm³/mol. The zero-order valence-electron chi connectivity index (χ0n) is 21.7. The van der Waals surface area contributed by atoms with Gasteiger partial charge in [0.1, 0.15) is 0 Å². The second kappa shape index (κ2) is 17.4. The quantitative estimate of drug-likeness (QED) is 0.142. The number of alkyl halides is 1. The van der Waals surface area contributed by atoms with E-state index in [0.717, 1.165) is 10.9 Å². The van der Waals surface area contributed by atoms with Gasteiger partial charge in [-0.1, -0.05) is 27.6 Å². The second-order valence-electron chi connectivity index (χ2n) is 7.30. The summed E-state index contributed by atoms with van der Waals surface area (Å²) in [5.41, 5.74) is 2.20. The van der Waals surface area contributed by atoms with Crippen molar-refractivity contribution in [1.29, 1.82) is 0 Å². The van der Waals surface area contributed by atoms with Gasteiger partial charge < -0.3 is 48.1 Å². The minimum Gasteiger partial charge on any atom is -0.504 e. The van der Waals surface area contributed by atoms with E-state index in [1.807, 2.05) is 13.0 Å². The Morgan fingerprint density at radius 1 is 1.06 bits per heavy atom. The molecule has 0 saturated carbocycles. The SMILES string of the molecule is COC(C)OCOCOC(C)OC.COC1=C(O)C(CC=C(C)CBr)=C(C)C(O)(OC)C1OC. The molecule has 1 rings (SSSR count). The summed E-state index contributed by atoms with van der Waals surface area (Å²) >= 11 is 3.37. The van der Waals surface area contributed by atoms with E-state index in [4.69, 9.17) is 37.9 Å². The lowest BCUT2D eigenvalue weighted by molar-refractivity contribution is -0.230. The standard InChI is InChI=1S/C15H23BrO5.C8H18O5/c1-9(8-16)6-7-11-10(2)15(18,21-5)14(20-4)13(19-3)12(11)17;1-7(9-3)12-5-11-6-13-8(2)10-4/h6,14,17-18H,7-8H2,1-5H3;7-8H,5-6H2,1-4H3. The summed E-state index contributed by atoms with van der Waals surface area (Å²) in [5, 5.41) is 21.9. The summed E-state index contributed by atoms with van der Waals surface area (Å²) in [5.74, 6) is -1.52. The number of ether oxygens (including phenoxy) is 8. The van der Waals surface area contributed by atoms with Crippen molar-refractivity contribution in [3.8, 4) is 0 Å². The molecule has 200 valence electrons. The Balaban J connectivity index is 0.000000722. The third kappa shape index (κ3) is 9.92. The number of methoxy groups -OCH3 is 5. The van der Waals surface area contributed by atoms with Gasteiger partial charge in [0, 0.05) is 39.3 Å². The average molecular weight is 557 g/mol. The molecule has 0 aromatic rings. The average Bonchev–Trinajstić information content (AvgIpc) is 2.85. The lowest BCUT2D eigenvalue weighted by Gasteiger charge is -2.39. The first-order chi connectivity index (χ1) is 16.1. The molecule has 0 spiro atoms. The largest absolute Gasteiger partial charge is 0.504 e. The molecule has 0 bridgehead atoms. The smallest absolute Gasteiger partial charge is 0.223 e. The van der Waals surface area contributed by atoms with Crippen LogP contribution < -0.4 is 0 Å². The summed E-state index contributed by atoms with van der Waals surface area (Å²) in [7, 11) is 7.37. The Labute approximate surface area is 211 Å². The molecule has 2 N–H and O–H groups in total. The first-order valence-electron chi connectivity index (χ1n) is 10.6. The van der Waals surface area contributed by atoms with Gasteiger partial charge in [0.05, 0.1) is 7.11 Å². The van der Waals surface area contributed by atoms with Crippen molar-refractivity contribution < 1.29 is 48.1 Å². The van der Waals surface area contributed by atoms with Gasteiger partial charge in [-0.3, -0.25) is 0 Å². The summed E-state index contributed by atoms with van der Waals surface area (Å²) < 4.78 is 40.5. The van der Waals surface area contributed by atoms with Crippen LogP contribution in [0.15, 0.2) is 34.3 Å². The van der Waals surface area contributed by atoms with E-state index < -0.39 is 11.9 Å². The minimum atomic E-state index is -1.67. The van der Waals surface area contributed by atoms with Gasteiger partial charge in [0.15, 0.2) is 43.8 Å². The lowest BCUT2D eigenvalue weighted by Crippen LogP contribution is -2.50. The molecule has 0 saturated heterocycles. The summed E-state index contributed by atoms with van der Waals surface area (Å²) in [6, 6.07) is 0. The van der Waals surface area contributed by atoms with Crippen molar-refractivity contribution in [2.24, 2.45) is 0 Å². The number of aliphatic hydroxyl groups excluding tert-OH is 1. The highest BCUT2D eigenvalue weighted by atomic mass is 79.9. The fourth-order valence-corrected chi connectivity index (χ4v) is 3.04. The van der Waals surface area contributed by atoms with Crippen molar-refractivity contribution in [3.05, 3.63) is 34.3 Å². The fraction of sp³-hybridized carbons (Fsp3) is 0.739. The Morgan fingerprint density at radius 2 is 1.59 bits per heavy atom. The molecule has 0 fully saturated rings. The highest BCUT2D eigenvalue weighted by Crippen LogP contribution is 2.40. The molecule has 1 aliphatic rings. The van der Waals surface area contributed by atoms with Crippen LogP contribution in [0.3, 0.4) is 0 Å². The normalized spacial score (nSPS) is 22.9. The van der Waals surface area contributed by atoms with Crippen LogP contribution in [0.5, 0.6) is 0 Å². The molecule has 0 aliphatic heterocycles. The predicted octanol–water partition coefficient (Wildman–Crippen LogP) is 3.75. The van der Waals surface area contributed by atoms with Gasteiger partial charge >= 0.3 is 0 Å². The molecule has 10 nitrogen and oxygen atoms in total. The zero-order valence-corrected chi connectivity index (χ0v) is 23.3. The first-order valence-corrected chi connectivity index (χ1v) is 11.8. The van der Waals surface area contributed by atoms with Crippen LogP contribution in [0, 0.1) is 0 Å². The van der Waals surface area contributed by atoms with E-state index in [1.165, 1.54) is 21.3 Å². The van der Waals surface area contributed by atoms with Crippen LogP contribution in [0.1, 0.15) is 34.1 Å². The lowest BCUT2D eigenvalue weighted by atomic mass is 9.86. The number of rotatable bonds is 14. The van der Waals surface area contributed by atoms with Gasteiger partial charge in [-0.15, -0.1) is 0 Å². The summed E-state index contributed by atoms with van der Waals surface area (Å²) in [4.78, 5) is 0. The molecule has 4 unspecified atom stereocenters. The van der Waals surface area contributed by atoms with Crippen molar-refractivity contribution in [1.82, 2.24) is 0 Å². The van der Waals surface area contributed by atoms with E-state index in [2.05, 4.69) is 15.9 Å². The topological polar surface area (TPSA) is 114 Å². The number of halogens is 1. The third-order valence-electron chi connectivity index (χ3n) is 5.17. The molecule has 0 aromatic heterocycles. The van der Waals surface area contributed by atoms with Crippen LogP contribution >= 0.6 is 15.9 Å². The second-order valence-corrected chi connectivity index (χ2v) is 7.87. The van der Waals surface area contributed by atoms with Crippen molar-refractivity contribution in [3.63, 3.8) is 0 Å². The van der Waals surface area contributed by atoms with Crippen LogP contribution in [-0.2, 0) is 37.9 Å². The summed E-state index contributed by atoms with van der Waals surface area (Å²) in [6.07, 6.45) is 0.988. The molecule has 34 heavy (non-hydrogen) atoms. The van der Waals surface area contributed by atoms with Gasteiger partial charge in [0.25, 0.3) is 0 Å². The third-order valence-corrected chi connectivity index (χ3v) is 6.06. The highest BCUT2D eigenvalue weighted by Gasteiger charge is 2.48. The molecule has 0 radical (unpaired) electrons. The van der Waals surface area contributed by atoms with E-state index in [-0.39, 0.29) is 37.7 Å². The maximum atomic E-state index is 10.8. The molecule has 4 atom stereocenters. The van der Waals surface area contributed by atoms with E-state index in [1.54, 1.807) is 35.0 Å². The van der Waals surface area contributed by atoms with Crippen molar-refractivity contribution in [2.75, 3.05) is 54.5 Å². The van der Waals surface area contributed by atoms with Gasteiger partial charge in [-0.25, -0.2) is 0 Å². The van der Waals surface area contributed by atoms with Gasteiger partial charge in [-0.05, 0) is 39.7 Å². The molecular weight excluding hydrogens is 516 g/mol.